The van der Waals surface area contributed by atoms with Crippen LogP contribution in [0.25, 0.3) is 0 Å². The number of sulfonamides is 1. The van der Waals surface area contributed by atoms with Crippen molar-refractivity contribution >= 4 is 21.4 Å². The fourth-order valence-electron chi connectivity index (χ4n) is 1.84. The Hall–Kier alpha value is -0.870. The van der Waals surface area contributed by atoms with Crippen LogP contribution in [-0.2, 0) is 16.6 Å². The smallest absolute Gasteiger partial charge is 0.245 e. The third-order valence-corrected chi connectivity index (χ3v) is 5.76. The van der Waals surface area contributed by atoms with Gasteiger partial charge in [-0.1, -0.05) is 19.8 Å². The van der Waals surface area contributed by atoms with Gasteiger partial charge in [0, 0.05) is 18.0 Å². The summed E-state index contributed by atoms with van der Waals surface area (Å²) in [6.07, 6.45) is 7.05. The van der Waals surface area contributed by atoms with Crippen LogP contribution in [0, 0.1) is 12.3 Å². The molecule has 4 nitrogen and oxygen atoms in total. The summed E-state index contributed by atoms with van der Waals surface area (Å²) in [5.74, 6) is 2.43. The maximum absolute atomic E-state index is 12.6. The van der Waals surface area contributed by atoms with Gasteiger partial charge < -0.3 is 5.32 Å². The predicted octanol–water partition coefficient (Wildman–Crippen LogP) is 2.28. The van der Waals surface area contributed by atoms with Crippen molar-refractivity contribution in [3.05, 3.63) is 16.3 Å². The van der Waals surface area contributed by atoms with Crippen molar-refractivity contribution in [1.82, 2.24) is 9.62 Å². The van der Waals surface area contributed by atoms with Crippen LogP contribution in [0.1, 0.15) is 31.6 Å². The van der Waals surface area contributed by atoms with Crippen LogP contribution in [0.15, 0.2) is 16.3 Å². The van der Waals surface area contributed by atoms with Crippen LogP contribution >= 0.6 is 11.3 Å². The Kier molecular flexibility index (Phi) is 7.24. The monoisotopic (exact) mass is 314 g/mol. The minimum absolute atomic E-state index is 0.119. The van der Waals surface area contributed by atoms with Crippen LogP contribution in [-0.4, -0.2) is 32.4 Å². The lowest BCUT2D eigenvalue weighted by Crippen LogP contribution is -2.32. The summed E-state index contributed by atoms with van der Waals surface area (Å²) in [6.45, 7) is 6.04. The molecule has 1 aromatic heterocycles. The Bertz CT molecular complexity index is 544. The topological polar surface area (TPSA) is 49.4 Å². The van der Waals surface area contributed by atoms with Crippen LogP contribution in [0.2, 0.25) is 0 Å². The van der Waals surface area contributed by atoms with Crippen molar-refractivity contribution in [2.24, 2.45) is 0 Å². The minimum Gasteiger partial charge on any atom is -0.312 e. The van der Waals surface area contributed by atoms with Gasteiger partial charge >= 0.3 is 0 Å². The molecule has 112 valence electrons. The quantitative estimate of drug-likeness (QED) is 0.562. The standard InChI is InChI=1S/C14H22N2O2S2/c1-4-8-15-12-13-14(7-11-19-13)20(17,18)16(9-5-2)10-6-3/h2,7,11,15H,4,6,8-10,12H2,1,3H3. The number of terminal acetylenes is 1. The maximum atomic E-state index is 12.6. The molecule has 0 radical (unpaired) electrons. The molecule has 0 aliphatic carbocycles. The van der Waals surface area contributed by atoms with Crippen molar-refractivity contribution in [2.75, 3.05) is 19.6 Å². The highest BCUT2D eigenvalue weighted by atomic mass is 32.2. The van der Waals surface area contributed by atoms with E-state index in [1.165, 1.54) is 15.6 Å². The van der Waals surface area contributed by atoms with Gasteiger partial charge in [0.25, 0.3) is 0 Å². The molecule has 0 aromatic carbocycles. The normalized spacial score (nSPS) is 11.7. The third kappa shape index (κ3) is 4.32. The highest BCUT2D eigenvalue weighted by Gasteiger charge is 2.26. The second-order valence-corrected chi connectivity index (χ2v) is 7.33. The van der Waals surface area contributed by atoms with Gasteiger partial charge in [0.15, 0.2) is 0 Å². The largest absolute Gasteiger partial charge is 0.312 e. The van der Waals surface area contributed by atoms with E-state index in [0.717, 1.165) is 24.3 Å². The summed E-state index contributed by atoms with van der Waals surface area (Å²) >= 11 is 1.46. The van der Waals surface area contributed by atoms with E-state index in [2.05, 4.69) is 18.2 Å². The van der Waals surface area contributed by atoms with Crippen LogP contribution in [0.4, 0.5) is 0 Å². The van der Waals surface area contributed by atoms with Gasteiger partial charge in [-0.05, 0) is 30.8 Å². The zero-order valence-electron chi connectivity index (χ0n) is 12.1. The first-order valence-corrected chi connectivity index (χ1v) is 9.10. The van der Waals surface area contributed by atoms with Crippen molar-refractivity contribution in [3.8, 4) is 12.3 Å². The molecule has 0 unspecified atom stereocenters. The van der Waals surface area contributed by atoms with E-state index >= 15 is 0 Å². The number of nitrogens with one attached hydrogen (secondary N) is 1. The second kappa shape index (κ2) is 8.42. The van der Waals surface area contributed by atoms with Gasteiger partial charge in [-0.2, -0.15) is 4.31 Å². The van der Waals surface area contributed by atoms with Crippen molar-refractivity contribution < 1.29 is 8.42 Å². The number of hydrogen-bond acceptors (Lipinski definition) is 4. The lowest BCUT2D eigenvalue weighted by Gasteiger charge is -2.19. The highest BCUT2D eigenvalue weighted by Crippen LogP contribution is 2.25. The predicted molar refractivity (Wildman–Crippen MR) is 84.2 cm³/mol. The first-order valence-electron chi connectivity index (χ1n) is 6.78. The number of rotatable bonds is 9. The summed E-state index contributed by atoms with van der Waals surface area (Å²) < 4.78 is 26.6. The molecule has 0 spiro atoms. The average molecular weight is 314 g/mol. The number of thiophene rings is 1. The molecule has 6 heteroatoms. The molecule has 0 amide bonds. The van der Waals surface area contributed by atoms with Crippen molar-refractivity contribution in [2.45, 2.75) is 38.1 Å². The van der Waals surface area contributed by atoms with Gasteiger partial charge in [0.1, 0.15) is 0 Å². The maximum Gasteiger partial charge on any atom is 0.245 e. The zero-order chi connectivity index (χ0) is 15.0. The zero-order valence-corrected chi connectivity index (χ0v) is 13.7. The van der Waals surface area contributed by atoms with E-state index in [1.807, 2.05) is 12.3 Å². The first-order chi connectivity index (χ1) is 9.57. The summed E-state index contributed by atoms with van der Waals surface area (Å²) in [7, 11) is -3.49. The highest BCUT2D eigenvalue weighted by molar-refractivity contribution is 7.89. The van der Waals surface area contributed by atoms with E-state index < -0.39 is 10.0 Å². The summed E-state index contributed by atoms with van der Waals surface area (Å²) in [4.78, 5) is 1.23. The Labute approximate surface area is 126 Å². The van der Waals surface area contributed by atoms with Gasteiger partial charge in [-0.25, -0.2) is 8.42 Å². The summed E-state index contributed by atoms with van der Waals surface area (Å²) in [5.41, 5.74) is 0. The Morgan fingerprint density at radius 1 is 1.40 bits per heavy atom. The fraction of sp³-hybridized carbons (Fsp3) is 0.571. The Morgan fingerprint density at radius 3 is 2.75 bits per heavy atom. The van der Waals surface area contributed by atoms with E-state index in [-0.39, 0.29) is 6.54 Å². The summed E-state index contributed by atoms with van der Waals surface area (Å²) in [5, 5.41) is 5.06. The molecule has 20 heavy (non-hydrogen) atoms. The molecule has 1 heterocycles. The van der Waals surface area contributed by atoms with Crippen LogP contribution < -0.4 is 5.32 Å². The molecule has 1 aromatic rings. The van der Waals surface area contributed by atoms with Gasteiger partial charge in [0.2, 0.25) is 10.0 Å². The molecular formula is C14H22N2O2S2. The Balaban J connectivity index is 2.96. The minimum atomic E-state index is -3.49. The average Bonchev–Trinajstić information content (AvgIpc) is 2.88. The van der Waals surface area contributed by atoms with Crippen LogP contribution in [0.3, 0.4) is 0 Å². The molecule has 0 saturated carbocycles. The molecular weight excluding hydrogens is 292 g/mol. The SMILES string of the molecule is C#CCN(CCC)S(=O)(=O)c1ccsc1CNCCC. The molecule has 1 N–H and O–H groups in total. The first kappa shape index (κ1) is 17.2. The second-order valence-electron chi connectivity index (χ2n) is 4.43. The molecule has 0 saturated heterocycles. The van der Waals surface area contributed by atoms with E-state index in [0.29, 0.717) is 18.0 Å². The van der Waals surface area contributed by atoms with E-state index in [9.17, 15) is 8.42 Å². The lowest BCUT2D eigenvalue weighted by atomic mass is 10.4. The molecule has 0 bridgehead atoms. The Morgan fingerprint density at radius 2 is 2.15 bits per heavy atom. The molecule has 0 aliphatic rings. The lowest BCUT2D eigenvalue weighted by molar-refractivity contribution is 0.445. The molecule has 1 rings (SSSR count). The third-order valence-electron chi connectivity index (χ3n) is 2.78. The van der Waals surface area contributed by atoms with Gasteiger partial charge in [-0.15, -0.1) is 17.8 Å². The van der Waals surface area contributed by atoms with E-state index in [1.54, 1.807) is 6.07 Å². The van der Waals surface area contributed by atoms with Gasteiger partial charge in [-0.3, -0.25) is 0 Å². The number of nitrogens with zero attached hydrogens (tertiary/aromatic N) is 1. The van der Waals surface area contributed by atoms with Crippen LogP contribution in [0.5, 0.6) is 0 Å². The number of hydrogen-bond donors (Lipinski definition) is 1. The summed E-state index contributed by atoms with van der Waals surface area (Å²) in [6, 6.07) is 1.67. The van der Waals surface area contributed by atoms with E-state index in [4.69, 9.17) is 6.42 Å². The molecule has 0 atom stereocenters. The fourth-order valence-corrected chi connectivity index (χ4v) is 4.67. The van der Waals surface area contributed by atoms with Gasteiger partial charge in [0.05, 0.1) is 11.4 Å². The van der Waals surface area contributed by atoms with Crippen molar-refractivity contribution in [1.29, 1.82) is 0 Å². The van der Waals surface area contributed by atoms with Crippen molar-refractivity contribution in [3.63, 3.8) is 0 Å². The molecule has 0 aliphatic heterocycles. The molecule has 0 fully saturated rings.